The second kappa shape index (κ2) is 8.43. The molecular formula is C15H23N3O2. The minimum atomic E-state index is 0.642. The first-order valence-corrected chi connectivity index (χ1v) is 7.11. The van der Waals surface area contributed by atoms with Crippen molar-refractivity contribution in [2.45, 2.75) is 19.4 Å². The summed E-state index contributed by atoms with van der Waals surface area (Å²) in [7, 11) is 1.67. The van der Waals surface area contributed by atoms with Gasteiger partial charge in [0, 0.05) is 26.2 Å². The van der Waals surface area contributed by atoms with Gasteiger partial charge in [0.2, 0.25) is 0 Å². The van der Waals surface area contributed by atoms with Crippen molar-refractivity contribution < 1.29 is 9.47 Å². The molecule has 0 fully saturated rings. The Kier molecular flexibility index (Phi) is 6.17. The van der Waals surface area contributed by atoms with Crippen molar-refractivity contribution in [3.05, 3.63) is 29.8 Å². The average molecular weight is 277 g/mol. The first kappa shape index (κ1) is 14.7. The lowest BCUT2D eigenvalue weighted by atomic mass is 10.2. The van der Waals surface area contributed by atoms with Crippen molar-refractivity contribution in [2.24, 2.45) is 4.99 Å². The number of rotatable bonds is 7. The molecule has 0 atom stereocenters. The molecule has 1 heterocycles. The second-order valence-corrected chi connectivity index (χ2v) is 4.69. The summed E-state index contributed by atoms with van der Waals surface area (Å²) in [6.07, 6.45) is 2.09. The number of nitrogens with one attached hydrogen (secondary N) is 2. The summed E-state index contributed by atoms with van der Waals surface area (Å²) >= 11 is 0. The fourth-order valence-corrected chi connectivity index (χ4v) is 1.94. The molecule has 0 spiro atoms. The number of aliphatic imine (C=N–C) groups is 1. The molecule has 5 heteroatoms. The van der Waals surface area contributed by atoms with Crippen LogP contribution in [-0.2, 0) is 11.3 Å². The smallest absolute Gasteiger partial charge is 0.191 e. The highest BCUT2D eigenvalue weighted by molar-refractivity contribution is 5.80. The maximum absolute atomic E-state index is 5.64. The van der Waals surface area contributed by atoms with Crippen LogP contribution >= 0.6 is 0 Å². The predicted molar refractivity (Wildman–Crippen MR) is 80.2 cm³/mol. The number of ether oxygens (including phenoxy) is 2. The Morgan fingerprint density at radius 2 is 2.15 bits per heavy atom. The first-order valence-electron chi connectivity index (χ1n) is 7.11. The van der Waals surface area contributed by atoms with E-state index < -0.39 is 0 Å². The van der Waals surface area contributed by atoms with Crippen LogP contribution in [0.25, 0.3) is 0 Å². The van der Waals surface area contributed by atoms with Gasteiger partial charge in [-0.2, -0.15) is 0 Å². The zero-order valence-corrected chi connectivity index (χ0v) is 12.0. The van der Waals surface area contributed by atoms with Crippen LogP contribution in [0.2, 0.25) is 0 Å². The van der Waals surface area contributed by atoms with Crippen LogP contribution in [0.4, 0.5) is 0 Å². The van der Waals surface area contributed by atoms with Gasteiger partial charge in [-0.3, -0.25) is 4.99 Å². The molecule has 110 valence electrons. The van der Waals surface area contributed by atoms with Crippen LogP contribution < -0.4 is 15.4 Å². The Hall–Kier alpha value is -1.75. The van der Waals surface area contributed by atoms with E-state index in [1.54, 1.807) is 7.11 Å². The molecule has 0 radical (unpaired) electrons. The number of benzene rings is 1. The summed E-state index contributed by atoms with van der Waals surface area (Å²) in [6.45, 7) is 4.20. The molecule has 1 aliphatic rings. The predicted octanol–water partition coefficient (Wildman–Crippen LogP) is 1.54. The van der Waals surface area contributed by atoms with E-state index in [2.05, 4.69) is 15.6 Å². The van der Waals surface area contributed by atoms with Gasteiger partial charge >= 0.3 is 0 Å². The van der Waals surface area contributed by atoms with Crippen LogP contribution in [0.3, 0.4) is 0 Å². The van der Waals surface area contributed by atoms with Gasteiger partial charge in [0.15, 0.2) is 5.96 Å². The number of hydrogen-bond acceptors (Lipinski definition) is 5. The molecular weight excluding hydrogens is 254 g/mol. The van der Waals surface area contributed by atoms with Crippen molar-refractivity contribution in [3.63, 3.8) is 0 Å². The van der Waals surface area contributed by atoms with E-state index in [0.717, 1.165) is 56.4 Å². The number of hydrogen-bond donors (Lipinski definition) is 2. The van der Waals surface area contributed by atoms with Gasteiger partial charge in [-0.25, -0.2) is 0 Å². The number of nitrogens with zero attached hydrogens (tertiary/aromatic N) is 1. The lowest BCUT2D eigenvalue weighted by molar-refractivity contribution is 0.119. The van der Waals surface area contributed by atoms with E-state index in [1.165, 1.54) is 0 Å². The van der Waals surface area contributed by atoms with Crippen LogP contribution in [0, 0.1) is 0 Å². The van der Waals surface area contributed by atoms with Crippen molar-refractivity contribution in [1.29, 1.82) is 0 Å². The molecule has 20 heavy (non-hydrogen) atoms. The average Bonchev–Trinajstić information content (AvgIpc) is 2.52. The summed E-state index contributed by atoms with van der Waals surface area (Å²) in [6, 6.07) is 7.95. The Morgan fingerprint density at radius 3 is 2.85 bits per heavy atom. The van der Waals surface area contributed by atoms with Crippen molar-refractivity contribution in [3.8, 4) is 5.75 Å². The third-order valence-electron chi connectivity index (χ3n) is 3.08. The molecule has 0 unspecified atom stereocenters. The van der Waals surface area contributed by atoms with Gasteiger partial charge < -0.3 is 20.1 Å². The van der Waals surface area contributed by atoms with E-state index in [1.807, 2.05) is 24.3 Å². The Morgan fingerprint density at radius 1 is 1.30 bits per heavy atom. The highest BCUT2D eigenvalue weighted by Crippen LogP contribution is 2.11. The van der Waals surface area contributed by atoms with E-state index in [4.69, 9.17) is 9.47 Å². The fraction of sp³-hybridized carbons (Fsp3) is 0.533. The summed E-state index contributed by atoms with van der Waals surface area (Å²) in [5, 5.41) is 6.51. The number of guanidine groups is 1. The topological polar surface area (TPSA) is 54.9 Å². The number of methoxy groups -OCH3 is 1. The van der Waals surface area contributed by atoms with Crippen LogP contribution in [0.15, 0.2) is 29.3 Å². The van der Waals surface area contributed by atoms with E-state index in [0.29, 0.717) is 6.61 Å². The van der Waals surface area contributed by atoms with Crippen LogP contribution in [-0.4, -0.2) is 39.3 Å². The van der Waals surface area contributed by atoms with Crippen molar-refractivity contribution in [1.82, 2.24) is 10.6 Å². The monoisotopic (exact) mass is 277 g/mol. The van der Waals surface area contributed by atoms with Crippen molar-refractivity contribution >= 4 is 5.96 Å². The Labute approximate surface area is 120 Å². The zero-order chi connectivity index (χ0) is 14.0. The summed E-state index contributed by atoms with van der Waals surface area (Å²) in [5.74, 6) is 1.80. The SMILES string of the molecule is COc1ccc(COCCCNC2=NCCCN2)cc1. The molecule has 2 rings (SSSR count). The highest BCUT2D eigenvalue weighted by atomic mass is 16.5. The molecule has 0 bridgehead atoms. The summed E-state index contributed by atoms with van der Waals surface area (Å²) < 4.78 is 10.8. The molecule has 1 aromatic rings. The van der Waals surface area contributed by atoms with Gasteiger partial charge in [-0.1, -0.05) is 12.1 Å². The molecule has 0 aromatic heterocycles. The van der Waals surface area contributed by atoms with Gasteiger partial charge in [0.25, 0.3) is 0 Å². The minimum absolute atomic E-state index is 0.642. The van der Waals surface area contributed by atoms with Gasteiger partial charge in [-0.05, 0) is 30.5 Å². The van der Waals surface area contributed by atoms with Gasteiger partial charge in [0.05, 0.1) is 13.7 Å². The molecule has 0 saturated carbocycles. The molecule has 1 aliphatic heterocycles. The fourth-order valence-electron chi connectivity index (χ4n) is 1.94. The zero-order valence-electron chi connectivity index (χ0n) is 12.0. The van der Waals surface area contributed by atoms with Gasteiger partial charge in [-0.15, -0.1) is 0 Å². The largest absolute Gasteiger partial charge is 0.497 e. The lowest BCUT2D eigenvalue weighted by Gasteiger charge is -2.15. The standard InChI is InChI=1S/C15H23N3O2/c1-19-14-6-4-13(5-7-14)12-20-11-3-10-18-15-16-8-2-9-17-15/h4-7H,2-3,8-12H2,1H3,(H2,16,17,18). The summed E-state index contributed by atoms with van der Waals surface area (Å²) in [5.41, 5.74) is 1.16. The van der Waals surface area contributed by atoms with Gasteiger partial charge in [0.1, 0.15) is 5.75 Å². The maximum atomic E-state index is 5.64. The van der Waals surface area contributed by atoms with Crippen LogP contribution in [0.1, 0.15) is 18.4 Å². The molecule has 0 amide bonds. The quantitative estimate of drug-likeness (QED) is 0.742. The molecule has 0 aliphatic carbocycles. The van der Waals surface area contributed by atoms with Crippen molar-refractivity contribution in [2.75, 3.05) is 33.4 Å². The Balaban J connectivity index is 1.53. The molecule has 0 saturated heterocycles. The van der Waals surface area contributed by atoms with E-state index in [9.17, 15) is 0 Å². The molecule has 5 nitrogen and oxygen atoms in total. The maximum Gasteiger partial charge on any atom is 0.191 e. The molecule has 1 aromatic carbocycles. The van der Waals surface area contributed by atoms with Crippen LogP contribution in [0.5, 0.6) is 5.75 Å². The first-order chi connectivity index (χ1) is 9.88. The minimum Gasteiger partial charge on any atom is -0.497 e. The van der Waals surface area contributed by atoms with E-state index >= 15 is 0 Å². The second-order valence-electron chi connectivity index (χ2n) is 4.69. The lowest BCUT2D eigenvalue weighted by Crippen LogP contribution is -2.41. The molecule has 2 N–H and O–H groups in total. The third kappa shape index (κ3) is 5.09. The summed E-state index contributed by atoms with van der Waals surface area (Å²) in [4.78, 5) is 4.35. The third-order valence-corrected chi connectivity index (χ3v) is 3.08. The normalized spacial score (nSPS) is 14.3. The van der Waals surface area contributed by atoms with E-state index in [-0.39, 0.29) is 0 Å². The highest BCUT2D eigenvalue weighted by Gasteiger charge is 2.01. The Bertz CT molecular complexity index is 418.